The van der Waals surface area contributed by atoms with Crippen LogP contribution in [0, 0.1) is 0 Å². The number of rotatable bonds is 4. The first kappa shape index (κ1) is 11.9. The average molecular weight is 274 g/mol. The van der Waals surface area contributed by atoms with Gasteiger partial charge in [-0.3, -0.25) is 0 Å². The van der Waals surface area contributed by atoms with Gasteiger partial charge >= 0.3 is 9.28 Å². The van der Waals surface area contributed by atoms with E-state index >= 15 is 0 Å². The van der Waals surface area contributed by atoms with Crippen molar-refractivity contribution in [3.63, 3.8) is 0 Å². The Labute approximate surface area is 95.2 Å². The topological polar surface area (TPSA) is 18.5 Å². The van der Waals surface area contributed by atoms with Crippen LogP contribution >= 0.6 is 15.9 Å². The summed E-state index contributed by atoms with van der Waals surface area (Å²) in [6.45, 7) is 2.13. The molecule has 0 aliphatic rings. The van der Waals surface area contributed by atoms with E-state index in [0.717, 1.165) is 4.47 Å². The minimum Gasteiger partial charge on any atom is -0.396 e. The maximum atomic E-state index is 5.32. The molecule has 1 unspecified atom stereocenters. The molecule has 0 aliphatic heterocycles. The van der Waals surface area contributed by atoms with Crippen molar-refractivity contribution < 1.29 is 8.85 Å². The summed E-state index contributed by atoms with van der Waals surface area (Å²) in [5.74, 6) is 0. The average Bonchev–Trinajstić information content (AvgIpc) is 2.19. The Morgan fingerprint density at radius 3 is 2.43 bits per heavy atom. The number of halogens is 1. The molecule has 0 saturated heterocycles. The molecule has 4 heteroatoms. The Morgan fingerprint density at radius 2 is 1.93 bits per heavy atom. The van der Waals surface area contributed by atoms with Crippen LogP contribution in [0.1, 0.15) is 18.0 Å². The molecule has 0 aliphatic carbocycles. The first-order valence-corrected chi connectivity index (χ1v) is 6.58. The van der Waals surface area contributed by atoms with Gasteiger partial charge in [0, 0.05) is 24.2 Å². The van der Waals surface area contributed by atoms with E-state index in [0.29, 0.717) is 5.54 Å². The Hall–Kier alpha value is -0.163. The van der Waals surface area contributed by atoms with Crippen LogP contribution in [-0.2, 0) is 8.85 Å². The van der Waals surface area contributed by atoms with Gasteiger partial charge < -0.3 is 8.85 Å². The van der Waals surface area contributed by atoms with Gasteiger partial charge in [0.05, 0.1) is 0 Å². The fraction of sp³-hybridized carbons (Fsp3) is 0.400. The smallest absolute Gasteiger partial charge is 0.391 e. The van der Waals surface area contributed by atoms with Crippen LogP contribution in [-0.4, -0.2) is 23.5 Å². The normalized spacial score (nSPS) is 13.2. The summed E-state index contributed by atoms with van der Waals surface area (Å²) in [7, 11) is 2.21. The zero-order valence-electron chi connectivity index (χ0n) is 8.58. The van der Waals surface area contributed by atoms with Crippen molar-refractivity contribution in [2.75, 3.05) is 14.2 Å². The second kappa shape index (κ2) is 5.65. The number of hydrogen-bond acceptors (Lipinski definition) is 2. The summed E-state index contributed by atoms with van der Waals surface area (Å²) in [4.78, 5) is 0. The second-order valence-electron chi connectivity index (χ2n) is 3.00. The lowest BCUT2D eigenvalue weighted by Gasteiger charge is -2.17. The molecule has 1 rings (SSSR count). The maximum absolute atomic E-state index is 5.32. The Morgan fingerprint density at radius 1 is 1.29 bits per heavy atom. The highest BCUT2D eigenvalue weighted by atomic mass is 79.9. The van der Waals surface area contributed by atoms with Gasteiger partial charge in [-0.1, -0.05) is 35.0 Å². The van der Waals surface area contributed by atoms with E-state index in [-0.39, 0.29) is 0 Å². The van der Waals surface area contributed by atoms with Crippen molar-refractivity contribution in [3.05, 3.63) is 34.3 Å². The largest absolute Gasteiger partial charge is 0.396 e. The van der Waals surface area contributed by atoms with Gasteiger partial charge in [0.2, 0.25) is 0 Å². The molecule has 0 heterocycles. The lowest BCUT2D eigenvalue weighted by Crippen LogP contribution is -2.26. The molecule has 0 bridgehead atoms. The molecular weight excluding hydrogens is 260 g/mol. The van der Waals surface area contributed by atoms with Crippen molar-refractivity contribution >= 4 is 25.2 Å². The molecule has 2 nitrogen and oxygen atoms in total. The van der Waals surface area contributed by atoms with Gasteiger partial charge in [-0.05, 0) is 17.7 Å². The van der Waals surface area contributed by atoms with E-state index < -0.39 is 9.28 Å². The van der Waals surface area contributed by atoms with Crippen LogP contribution < -0.4 is 0 Å². The van der Waals surface area contributed by atoms with Crippen LogP contribution in [0.2, 0.25) is 0 Å². The van der Waals surface area contributed by atoms with E-state index in [1.165, 1.54) is 5.56 Å². The Balaban J connectivity index is 2.82. The van der Waals surface area contributed by atoms with Crippen molar-refractivity contribution in [2.45, 2.75) is 12.5 Å². The fourth-order valence-electron chi connectivity index (χ4n) is 1.35. The molecule has 1 radical (unpaired) electrons. The quantitative estimate of drug-likeness (QED) is 0.786. The predicted octanol–water partition coefficient (Wildman–Crippen LogP) is 2.87. The minimum absolute atomic E-state index is 0.326. The third-order valence-electron chi connectivity index (χ3n) is 2.10. The molecule has 77 valence electrons. The highest BCUT2D eigenvalue weighted by Crippen LogP contribution is 2.22. The van der Waals surface area contributed by atoms with Crippen molar-refractivity contribution in [1.29, 1.82) is 0 Å². The third kappa shape index (κ3) is 2.92. The molecule has 1 aromatic carbocycles. The van der Waals surface area contributed by atoms with Gasteiger partial charge in [0.1, 0.15) is 0 Å². The SMILES string of the molecule is CO[Si](OC)C(C)c1cccc(Br)c1. The highest BCUT2D eigenvalue weighted by molar-refractivity contribution is 9.10. The predicted molar refractivity (Wildman–Crippen MR) is 62.3 cm³/mol. The minimum atomic E-state index is -1.19. The summed E-state index contributed by atoms with van der Waals surface area (Å²) in [6.07, 6.45) is 0. The van der Waals surface area contributed by atoms with Gasteiger partial charge in [-0.25, -0.2) is 0 Å². The lowest BCUT2D eigenvalue weighted by molar-refractivity contribution is 0.269. The van der Waals surface area contributed by atoms with Crippen LogP contribution in [0.3, 0.4) is 0 Å². The third-order valence-corrected chi connectivity index (χ3v) is 4.44. The van der Waals surface area contributed by atoms with E-state index in [4.69, 9.17) is 8.85 Å². The molecule has 14 heavy (non-hydrogen) atoms. The van der Waals surface area contributed by atoms with E-state index in [9.17, 15) is 0 Å². The Kier molecular flexibility index (Phi) is 4.81. The second-order valence-corrected chi connectivity index (χ2v) is 6.24. The van der Waals surface area contributed by atoms with Crippen LogP contribution in [0.25, 0.3) is 0 Å². The van der Waals surface area contributed by atoms with E-state index in [1.54, 1.807) is 14.2 Å². The van der Waals surface area contributed by atoms with Crippen LogP contribution in [0.5, 0.6) is 0 Å². The molecule has 0 N–H and O–H groups in total. The summed E-state index contributed by atoms with van der Waals surface area (Å²) in [5, 5.41) is 0. The summed E-state index contributed by atoms with van der Waals surface area (Å²) in [5.41, 5.74) is 1.57. The van der Waals surface area contributed by atoms with Gasteiger partial charge in [0.15, 0.2) is 0 Å². The molecular formula is C10H14BrO2Si. The lowest BCUT2D eigenvalue weighted by atomic mass is 10.2. The number of hydrogen-bond donors (Lipinski definition) is 0. The van der Waals surface area contributed by atoms with Crippen molar-refractivity contribution in [3.8, 4) is 0 Å². The summed E-state index contributed by atoms with van der Waals surface area (Å²) < 4.78 is 11.7. The monoisotopic (exact) mass is 273 g/mol. The zero-order valence-corrected chi connectivity index (χ0v) is 11.2. The fourth-order valence-corrected chi connectivity index (χ4v) is 3.09. The first-order chi connectivity index (χ1) is 6.69. The molecule has 0 spiro atoms. The Bertz CT molecular complexity index is 289. The van der Waals surface area contributed by atoms with E-state index in [2.05, 4.69) is 35.0 Å². The molecule has 0 saturated carbocycles. The van der Waals surface area contributed by atoms with Crippen LogP contribution in [0.4, 0.5) is 0 Å². The standard InChI is InChI=1S/C10H14BrO2Si/c1-8(14(12-2)13-3)9-5-4-6-10(11)7-9/h4-8H,1-3H3. The summed E-state index contributed by atoms with van der Waals surface area (Å²) >= 11 is 3.45. The van der Waals surface area contributed by atoms with Gasteiger partial charge in [-0.2, -0.15) is 0 Å². The highest BCUT2D eigenvalue weighted by Gasteiger charge is 2.23. The van der Waals surface area contributed by atoms with Crippen LogP contribution in [0.15, 0.2) is 28.7 Å². The molecule has 1 atom stereocenters. The van der Waals surface area contributed by atoms with Crippen molar-refractivity contribution in [2.24, 2.45) is 0 Å². The first-order valence-electron chi connectivity index (χ1n) is 4.39. The molecule has 0 aromatic heterocycles. The van der Waals surface area contributed by atoms with Gasteiger partial charge in [-0.15, -0.1) is 0 Å². The zero-order chi connectivity index (χ0) is 10.6. The van der Waals surface area contributed by atoms with Crippen molar-refractivity contribution in [1.82, 2.24) is 0 Å². The summed E-state index contributed by atoms with van der Waals surface area (Å²) in [6, 6.07) is 8.24. The molecule has 0 amide bonds. The number of benzene rings is 1. The maximum Gasteiger partial charge on any atom is 0.391 e. The molecule has 1 aromatic rings. The van der Waals surface area contributed by atoms with E-state index in [1.807, 2.05) is 12.1 Å². The molecule has 0 fully saturated rings. The van der Waals surface area contributed by atoms with Gasteiger partial charge in [0.25, 0.3) is 0 Å².